The summed E-state index contributed by atoms with van der Waals surface area (Å²) < 4.78 is 1.38. The van der Waals surface area contributed by atoms with Crippen molar-refractivity contribution in [3.8, 4) is 0 Å². The third-order valence-corrected chi connectivity index (χ3v) is 5.58. The molecular formula is C20H25ClN4O3. The van der Waals surface area contributed by atoms with Crippen LogP contribution in [0.5, 0.6) is 0 Å². The first-order chi connectivity index (χ1) is 13.3. The maximum Gasteiger partial charge on any atom is 0.349 e. The van der Waals surface area contributed by atoms with Gasteiger partial charge in [-0.1, -0.05) is 30.9 Å². The largest absolute Gasteiger partial charge is 0.388 e. The molecule has 0 radical (unpaired) electrons. The maximum atomic E-state index is 12.7. The van der Waals surface area contributed by atoms with Crippen LogP contribution in [0.25, 0.3) is 0 Å². The van der Waals surface area contributed by atoms with Crippen molar-refractivity contribution in [2.45, 2.75) is 37.7 Å². The smallest absolute Gasteiger partial charge is 0.349 e. The van der Waals surface area contributed by atoms with Gasteiger partial charge in [0.15, 0.2) is 0 Å². The van der Waals surface area contributed by atoms with Crippen molar-refractivity contribution in [3.63, 3.8) is 0 Å². The SMILES string of the molecule is CN(c1ccc(Cl)c(C(=O)NCC2(O)CCCCC2)c1)c1ccn(C)c(=O)n1. The van der Waals surface area contributed by atoms with Crippen molar-refractivity contribution in [2.24, 2.45) is 7.05 Å². The van der Waals surface area contributed by atoms with Crippen LogP contribution >= 0.6 is 11.6 Å². The van der Waals surface area contributed by atoms with Gasteiger partial charge in [0.2, 0.25) is 0 Å². The number of nitrogens with one attached hydrogen (secondary N) is 1. The van der Waals surface area contributed by atoms with Crippen LogP contribution in [-0.2, 0) is 7.05 Å². The molecule has 0 atom stereocenters. The molecule has 0 saturated heterocycles. The highest BCUT2D eigenvalue weighted by Gasteiger charge is 2.29. The molecule has 1 aliphatic rings. The quantitative estimate of drug-likeness (QED) is 0.799. The molecule has 0 bridgehead atoms. The number of hydrogen-bond acceptors (Lipinski definition) is 5. The van der Waals surface area contributed by atoms with Crippen molar-refractivity contribution < 1.29 is 9.90 Å². The van der Waals surface area contributed by atoms with Gasteiger partial charge in [0.25, 0.3) is 5.91 Å². The Balaban J connectivity index is 1.77. The fraction of sp³-hybridized carbons (Fsp3) is 0.450. The Morgan fingerprint density at radius 3 is 2.71 bits per heavy atom. The molecule has 1 amide bonds. The van der Waals surface area contributed by atoms with Crippen LogP contribution in [0.1, 0.15) is 42.5 Å². The first-order valence-electron chi connectivity index (χ1n) is 9.37. The molecule has 1 aliphatic carbocycles. The summed E-state index contributed by atoms with van der Waals surface area (Å²) in [5.41, 5.74) is -0.221. The van der Waals surface area contributed by atoms with Gasteiger partial charge in [0, 0.05) is 32.5 Å². The van der Waals surface area contributed by atoms with Gasteiger partial charge < -0.3 is 19.9 Å². The lowest BCUT2D eigenvalue weighted by Gasteiger charge is -2.32. The van der Waals surface area contributed by atoms with Gasteiger partial charge in [-0.15, -0.1) is 0 Å². The third kappa shape index (κ3) is 4.54. The van der Waals surface area contributed by atoms with Crippen molar-refractivity contribution in [1.82, 2.24) is 14.9 Å². The highest BCUT2D eigenvalue weighted by atomic mass is 35.5. The predicted molar refractivity (Wildman–Crippen MR) is 109 cm³/mol. The molecule has 1 aromatic heterocycles. The molecule has 1 fully saturated rings. The lowest BCUT2D eigenvalue weighted by molar-refractivity contribution is 0.00526. The summed E-state index contributed by atoms with van der Waals surface area (Å²) in [4.78, 5) is 30.2. The molecule has 8 heteroatoms. The standard InChI is InChI=1S/C20H25ClN4O3/c1-24-11-8-17(23-19(24)27)25(2)14-6-7-16(21)15(12-14)18(26)22-13-20(28)9-4-3-5-10-20/h6-8,11-12,28H,3-5,9-10,13H2,1-2H3,(H,22,26). The zero-order valence-corrected chi connectivity index (χ0v) is 16.9. The normalized spacial score (nSPS) is 15.9. The Kier molecular flexibility index (Phi) is 6.05. The van der Waals surface area contributed by atoms with Gasteiger partial charge in [0.05, 0.1) is 16.2 Å². The van der Waals surface area contributed by atoms with E-state index < -0.39 is 5.60 Å². The van der Waals surface area contributed by atoms with E-state index in [0.717, 1.165) is 19.3 Å². The topological polar surface area (TPSA) is 87.5 Å². The summed E-state index contributed by atoms with van der Waals surface area (Å²) >= 11 is 6.23. The van der Waals surface area contributed by atoms with Gasteiger partial charge in [-0.05, 0) is 37.1 Å². The van der Waals surface area contributed by atoms with Gasteiger partial charge in [0.1, 0.15) is 5.82 Å². The van der Waals surface area contributed by atoms with Crippen LogP contribution in [0.3, 0.4) is 0 Å². The molecule has 1 heterocycles. The molecule has 150 valence electrons. The van der Waals surface area contributed by atoms with Crippen LogP contribution in [0, 0.1) is 0 Å². The molecule has 28 heavy (non-hydrogen) atoms. The van der Waals surface area contributed by atoms with E-state index in [9.17, 15) is 14.7 Å². The number of halogens is 1. The number of nitrogens with zero attached hydrogens (tertiary/aromatic N) is 3. The second-order valence-corrected chi connectivity index (χ2v) is 7.78. The molecular weight excluding hydrogens is 380 g/mol. The van der Waals surface area contributed by atoms with E-state index in [-0.39, 0.29) is 18.1 Å². The third-order valence-electron chi connectivity index (χ3n) is 5.25. The zero-order valence-electron chi connectivity index (χ0n) is 16.1. The first kappa shape index (κ1) is 20.4. The van der Waals surface area contributed by atoms with Crippen LogP contribution in [0.4, 0.5) is 11.5 Å². The summed E-state index contributed by atoms with van der Waals surface area (Å²) in [5, 5.41) is 13.7. The molecule has 2 aromatic rings. The summed E-state index contributed by atoms with van der Waals surface area (Å²) in [5.74, 6) is 0.129. The number of anilines is 2. The van der Waals surface area contributed by atoms with E-state index >= 15 is 0 Å². The average Bonchev–Trinajstić information content (AvgIpc) is 2.69. The Morgan fingerprint density at radius 1 is 1.32 bits per heavy atom. The van der Waals surface area contributed by atoms with E-state index in [1.54, 1.807) is 49.5 Å². The fourth-order valence-corrected chi connectivity index (χ4v) is 3.60. The Morgan fingerprint density at radius 2 is 2.04 bits per heavy atom. The Labute approximate surface area is 169 Å². The summed E-state index contributed by atoms with van der Waals surface area (Å²) in [6, 6.07) is 6.77. The summed E-state index contributed by atoms with van der Waals surface area (Å²) in [6.07, 6.45) is 6.08. The molecule has 0 aliphatic heterocycles. The minimum absolute atomic E-state index is 0.207. The molecule has 1 aromatic carbocycles. The number of carbonyl (C=O) groups is 1. The van der Waals surface area contributed by atoms with E-state index in [0.29, 0.717) is 34.9 Å². The highest BCUT2D eigenvalue weighted by Crippen LogP contribution is 2.29. The van der Waals surface area contributed by atoms with E-state index in [4.69, 9.17) is 11.6 Å². The highest BCUT2D eigenvalue weighted by molar-refractivity contribution is 6.34. The van der Waals surface area contributed by atoms with Gasteiger partial charge in [-0.2, -0.15) is 4.98 Å². The van der Waals surface area contributed by atoms with Gasteiger partial charge >= 0.3 is 5.69 Å². The predicted octanol–water partition coefficient (Wildman–Crippen LogP) is 2.63. The second-order valence-electron chi connectivity index (χ2n) is 7.37. The summed E-state index contributed by atoms with van der Waals surface area (Å²) in [7, 11) is 3.39. The molecule has 1 saturated carbocycles. The number of amides is 1. The number of rotatable bonds is 5. The number of aryl methyl sites for hydroxylation is 1. The number of aromatic nitrogens is 2. The number of aliphatic hydroxyl groups is 1. The number of hydrogen-bond donors (Lipinski definition) is 2. The minimum atomic E-state index is -0.844. The van der Waals surface area contributed by atoms with Crippen LogP contribution in [0.2, 0.25) is 5.02 Å². The molecule has 0 unspecified atom stereocenters. The Hall–Kier alpha value is -2.38. The van der Waals surface area contributed by atoms with E-state index in [2.05, 4.69) is 10.3 Å². The molecule has 2 N–H and O–H groups in total. The molecule has 3 rings (SSSR count). The van der Waals surface area contributed by atoms with Crippen molar-refractivity contribution in [2.75, 3.05) is 18.5 Å². The van der Waals surface area contributed by atoms with E-state index in [1.165, 1.54) is 4.57 Å². The van der Waals surface area contributed by atoms with Gasteiger partial charge in [-0.25, -0.2) is 4.79 Å². The van der Waals surface area contributed by atoms with Crippen LogP contribution < -0.4 is 15.9 Å². The number of carbonyl (C=O) groups excluding carboxylic acids is 1. The zero-order chi connectivity index (χ0) is 20.3. The average molecular weight is 405 g/mol. The second kappa shape index (κ2) is 8.32. The number of benzene rings is 1. The minimum Gasteiger partial charge on any atom is -0.388 e. The Bertz CT molecular complexity index is 922. The molecule has 0 spiro atoms. The lowest BCUT2D eigenvalue weighted by atomic mass is 9.85. The maximum absolute atomic E-state index is 12.7. The van der Waals surface area contributed by atoms with Crippen molar-refractivity contribution in [1.29, 1.82) is 0 Å². The molecule has 7 nitrogen and oxygen atoms in total. The van der Waals surface area contributed by atoms with Gasteiger partial charge in [-0.3, -0.25) is 4.79 Å². The lowest BCUT2D eigenvalue weighted by Crippen LogP contribution is -2.44. The fourth-order valence-electron chi connectivity index (χ4n) is 3.40. The van der Waals surface area contributed by atoms with E-state index in [1.807, 2.05) is 0 Å². The van der Waals surface area contributed by atoms with Crippen LogP contribution in [-0.4, -0.2) is 39.8 Å². The summed E-state index contributed by atoms with van der Waals surface area (Å²) in [6.45, 7) is 0.207. The van der Waals surface area contributed by atoms with Crippen molar-refractivity contribution >= 4 is 29.0 Å². The monoisotopic (exact) mass is 404 g/mol. The first-order valence-corrected chi connectivity index (χ1v) is 9.74. The van der Waals surface area contributed by atoms with Crippen LogP contribution in [0.15, 0.2) is 35.3 Å². The van der Waals surface area contributed by atoms with Crippen molar-refractivity contribution in [3.05, 3.63) is 51.5 Å².